The van der Waals surface area contributed by atoms with E-state index in [1.807, 2.05) is 6.92 Å². The second-order valence-electron chi connectivity index (χ2n) is 7.42. The van der Waals surface area contributed by atoms with Crippen LogP contribution in [0.15, 0.2) is 0 Å². The molecule has 4 N–H and O–H groups in total. The zero-order chi connectivity index (χ0) is 19.9. The van der Waals surface area contributed by atoms with Crippen LogP contribution in [0, 0.1) is 23.7 Å². The summed E-state index contributed by atoms with van der Waals surface area (Å²) in [6, 6.07) is 0. The van der Waals surface area contributed by atoms with Crippen molar-refractivity contribution in [2.24, 2.45) is 23.7 Å². The van der Waals surface area contributed by atoms with Gasteiger partial charge in [-0.3, -0.25) is 9.59 Å². The standard InChI is InChI=1S/C17H26O10/c1-6-3-8(19)11-7(15(23)24-2)5-25-16(10(6)11)27-17-14(22)13(21)12(20)9(4-18)26-17/h6-7,9-14,16-18,20-22H,3-5H2,1-2H3/t6-,7-,9+,10+,11-,12+,13-,14+,16-,17-/m0/s1. The number of carbonyl (C=O) groups is 2. The molecule has 2 aliphatic heterocycles. The van der Waals surface area contributed by atoms with E-state index < -0.39 is 67.3 Å². The van der Waals surface area contributed by atoms with Crippen molar-refractivity contribution < 1.29 is 49.0 Å². The third kappa shape index (κ3) is 3.63. The van der Waals surface area contributed by atoms with E-state index in [-0.39, 0.29) is 24.7 Å². The minimum absolute atomic E-state index is 0.0754. The van der Waals surface area contributed by atoms with Gasteiger partial charge in [0.25, 0.3) is 0 Å². The SMILES string of the molecule is COC(=O)[C@H]1CO[C@@H](O[C@@H]2O[C@H](CO)[C@@H](O)[C@H](O)[C@H]2O)[C@H]2[C@@H]1C(=O)C[C@@H]2C. The highest BCUT2D eigenvalue weighted by atomic mass is 16.8. The summed E-state index contributed by atoms with van der Waals surface area (Å²) in [6.07, 6.45) is -7.83. The molecule has 0 unspecified atom stereocenters. The molecule has 3 rings (SSSR count). The van der Waals surface area contributed by atoms with Gasteiger partial charge < -0.3 is 39.4 Å². The van der Waals surface area contributed by atoms with Gasteiger partial charge in [0.15, 0.2) is 12.6 Å². The molecule has 1 saturated carbocycles. The van der Waals surface area contributed by atoms with Gasteiger partial charge in [-0.1, -0.05) is 6.92 Å². The topological polar surface area (TPSA) is 152 Å². The van der Waals surface area contributed by atoms with Gasteiger partial charge in [0.1, 0.15) is 30.2 Å². The molecule has 3 fully saturated rings. The minimum atomic E-state index is -1.58. The molecule has 27 heavy (non-hydrogen) atoms. The third-order valence-electron chi connectivity index (χ3n) is 5.78. The van der Waals surface area contributed by atoms with Crippen molar-refractivity contribution in [2.75, 3.05) is 20.3 Å². The van der Waals surface area contributed by atoms with Gasteiger partial charge in [0.05, 0.1) is 26.2 Å². The van der Waals surface area contributed by atoms with Crippen molar-refractivity contribution in [3.05, 3.63) is 0 Å². The molecule has 10 nitrogen and oxygen atoms in total. The van der Waals surface area contributed by atoms with E-state index in [0.717, 1.165) is 0 Å². The van der Waals surface area contributed by atoms with Crippen molar-refractivity contribution in [3.63, 3.8) is 0 Å². The fourth-order valence-corrected chi connectivity index (χ4v) is 4.31. The Bertz CT molecular complexity index is 566. The van der Waals surface area contributed by atoms with Gasteiger partial charge in [-0.15, -0.1) is 0 Å². The predicted octanol–water partition coefficient (Wildman–Crippen LogP) is -2.21. The summed E-state index contributed by atoms with van der Waals surface area (Å²) in [5.74, 6) is -2.55. The summed E-state index contributed by atoms with van der Waals surface area (Å²) in [5.41, 5.74) is 0. The number of methoxy groups -OCH3 is 1. The lowest BCUT2D eigenvalue weighted by Gasteiger charge is -2.44. The summed E-state index contributed by atoms with van der Waals surface area (Å²) in [4.78, 5) is 24.5. The van der Waals surface area contributed by atoms with E-state index in [1.54, 1.807) is 0 Å². The van der Waals surface area contributed by atoms with E-state index in [0.29, 0.717) is 0 Å². The monoisotopic (exact) mass is 390 g/mol. The van der Waals surface area contributed by atoms with Gasteiger partial charge >= 0.3 is 5.97 Å². The molecule has 10 atom stereocenters. The molecule has 2 saturated heterocycles. The smallest absolute Gasteiger partial charge is 0.311 e. The number of aliphatic hydroxyl groups excluding tert-OH is 4. The summed E-state index contributed by atoms with van der Waals surface area (Å²) < 4.78 is 21.5. The second kappa shape index (κ2) is 8.08. The number of Topliss-reactive ketones (excluding diaryl/α,β-unsaturated/α-hetero) is 1. The Morgan fingerprint density at radius 1 is 1.19 bits per heavy atom. The van der Waals surface area contributed by atoms with Crippen molar-refractivity contribution in [2.45, 2.75) is 50.3 Å². The first-order valence-electron chi connectivity index (χ1n) is 8.98. The van der Waals surface area contributed by atoms with Crippen LogP contribution in [0.25, 0.3) is 0 Å². The van der Waals surface area contributed by atoms with E-state index in [4.69, 9.17) is 18.9 Å². The maximum Gasteiger partial charge on any atom is 0.311 e. The molecular weight excluding hydrogens is 364 g/mol. The second-order valence-corrected chi connectivity index (χ2v) is 7.42. The number of aliphatic hydroxyl groups is 4. The number of hydrogen-bond donors (Lipinski definition) is 4. The number of ether oxygens (including phenoxy) is 4. The summed E-state index contributed by atoms with van der Waals surface area (Å²) in [6.45, 7) is 1.17. The lowest BCUT2D eigenvalue weighted by atomic mass is 9.79. The quantitative estimate of drug-likeness (QED) is 0.389. The lowest BCUT2D eigenvalue weighted by molar-refractivity contribution is -0.354. The van der Waals surface area contributed by atoms with Crippen molar-refractivity contribution in [3.8, 4) is 0 Å². The maximum atomic E-state index is 12.4. The van der Waals surface area contributed by atoms with E-state index in [2.05, 4.69) is 0 Å². The Kier molecular flexibility index (Phi) is 6.16. The van der Waals surface area contributed by atoms with Crippen LogP contribution < -0.4 is 0 Å². The number of carbonyl (C=O) groups excluding carboxylic acids is 2. The molecule has 154 valence electrons. The molecule has 0 aromatic carbocycles. The number of rotatable bonds is 4. The number of esters is 1. The largest absolute Gasteiger partial charge is 0.469 e. The highest BCUT2D eigenvalue weighted by Gasteiger charge is 2.56. The Balaban J connectivity index is 1.77. The third-order valence-corrected chi connectivity index (χ3v) is 5.78. The number of ketones is 1. The van der Waals surface area contributed by atoms with Gasteiger partial charge in [-0.2, -0.15) is 0 Å². The van der Waals surface area contributed by atoms with Crippen LogP contribution in [-0.4, -0.2) is 89.5 Å². The Morgan fingerprint density at radius 2 is 1.89 bits per heavy atom. The van der Waals surface area contributed by atoms with Crippen LogP contribution in [0.2, 0.25) is 0 Å². The van der Waals surface area contributed by atoms with E-state index in [1.165, 1.54) is 7.11 Å². The summed E-state index contributed by atoms with van der Waals surface area (Å²) >= 11 is 0. The van der Waals surface area contributed by atoms with E-state index in [9.17, 15) is 30.0 Å². The van der Waals surface area contributed by atoms with Crippen LogP contribution in [0.1, 0.15) is 13.3 Å². The molecule has 3 aliphatic rings. The van der Waals surface area contributed by atoms with Crippen LogP contribution in [0.4, 0.5) is 0 Å². The lowest BCUT2D eigenvalue weighted by Crippen LogP contribution is -2.60. The molecule has 0 amide bonds. The summed E-state index contributed by atoms with van der Waals surface area (Å²) in [7, 11) is 1.25. The molecule has 1 aliphatic carbocycles. The Labute approximate surface area is 156 Å². The zero-order valence-electron chi connectivity index (χ0n) is 15.1. The Hall–Kier alpha value is -1.14. The minimum Gasteiger partial charge on any atom is -0.469 e. The molecule has 0 radical (unpaired) electrons. The van der Waals surface area contributed by atoms with Crippen LogP contribution in [-0.2, 0) is 28.5 Å². The first kappa shape index (κ1) is 20.6. The molecule has 10 heteroatoms. The average Bonchev–Trinajstić information content (AvgIpc) is 2.96. The van der Waals surface area contributed by atoms with Crippen molar-refractivity contribution in [1.29, 1.82) is 0 Å². The maximum absolute atomic E-state index is 12.4. The fourth-order valence-electron chi connectivity index (χ4n) is 4.31. The predicted molar refractivity (Wildman–Crippen MR) is 85.9 cm³/mol. The molecule has 0 aromatic heterocycles. The highest BCUT2D eigenvalue weighted by Crippen LogP contribution is 2.46. The van der Waals surface area contributed by atoms with Crippen molar-refractivity contribution in [1.82, 2.24) is 0 Å². The molecular formula is C17H26O10. The van der Waals surface area contributed by atoms with Crippen LogP contribution >= 0.6 is 0 Å². The van der Waals surface area contributed by atoms with Gasteiger partial charge in [0, 0.05) is 18.3 Å². The first-order chi connectivity index (χ1) is 12.8. The average molecular weight is 390 g/mol. The van der Waals surface area contributed by atoms with E-state index >= 15 is 0 Å². The molecule has 2 heterocycles. The molecule has 0 bridgehead atoms. The zero-order valence-corrected chi connectivity index (χ0v) is 15.1. The first-order valence-corrected chi connectivity index (χ1v) is 8.98. The summed E-state index contributed by atoms with van der Waals surface area (Å²) in [5, 5.41) is 39.2. The van der Waals surface area contributed by atoms with Gasteiger partial charge in [0.2, 0.25) is 0 Å². The van der Waals surface area contributed by atoms with Gasteiger partial charge in [-0.05, 0) is 5.92 Å². The number of hydrogen-bond acceptors (Lipinski definition) is 10. The fraction of sp³-hybridized carbons (Fsp3) is 0.882. The normalized spacial score (nSPS) is 47.6. The van der Waals surface area contributed by atoms with Crippen LogP contribution in [0.3, 0.4) is 0 Å². The molecule has 0 spiro atoms. The molecule has 0 aromatic rings. The Morgan fingerprint density at radius 3 is 2.52 bits per heavy atom. The number of fused-ring (bicyclic) bond motifs is 1. The highest BCUT2D eigenvalue weighted by molar-refractivity contribution is 5.89. The van der Waals surface area contributed by atoms with Crippen molar-refractivity contribution >= 4 is 11.8 Å². The van der Waals surface area contributed by atoms with Gasteiger partial charge in [-0.25, -0.2) is 0 Å². The van der Waals surface area contributed by atoms with Crippen LogP contribution in [0.5, 0.6) is 0 Å².